The molecule has 1 N–H and O–H groups in total. The predicted molar refractivity (Wildman–Crippen MR) is 116 cm³/mol. The molecule has 0 aliphatic rings. The molecule has 3 heterocycles. The summed E-state index contributed by atoms with van der Waals surface area (Å²) < 4.78 is 5.51. The molecule has 8 heteroatoms. The van der Waals surface area contributed by atoms with E-state index in [-0.39, 0.29) is 5.91 Å². The highest BCUT2D eigenvalue weighted by Crippen LogP contribution is 2.35. The van der Waals surface area contributed by atoms with Gasteiger partial charge in [0, 0.05) is 48.6 Å². The number of benzene rings is 1. The number of aromatic amines is 1. The predicted octanol–water partition coefficient (Wildman–Crippen LogP) is 3.39. The molecule has 3 aromatic heterocycles. The van der Waals surface area contributed by atoms with Crippen molar-refractivity contribution < 1.29 is 9.53 Å². The van der Waals surface area contributed by atoms with E-state index in [1.165, 1.54) is 11.2 Å². The number of carbonyl (C=O) groups is 1. The van der Waals surface area contributed by atoms with Gasteiger partial charge in [-0.15, -0.1) is 0 Å². The Bertz CT molecular complexity index is 1300. The Morgan fingerprint density at radius 1 is 1.16 bits per heavy atom. The van der Waals surface area contributed by atoms with Crippen LogP contribution in [0.5, 0.6) is 5.75 Å². The minimum Gasteiger partial charge on any atom is -0.496 e. The van der Waals surface area contributed by atoms with Gasteiger partial charge in [-0.3, -0.25) is 4.79 Å². The fourth-order valence-electron chi connectivity index (χ4n) is 3.43. The van der Waals surface area contributed by atoms with Crippen LogP contribution in [0.15, 0.2) is 55.1 Å². The molecule has 0 saturated carbocycles. The molecule has 0 bridgehead atoms. The highest BCUT2D eigenvalue weighted by molar-refractivity contribution is 5.97. The number of rotatable bonds is 5. The van der Waals surface area contributed by atoms with Gasteiger partial charge < -0.3 is 14.6 Å². The molecule has 4 rings (SSSR count). The Morgan fingerprint density at radius 2 is 1.97 bits per heavy atom. The summed E-state index contributed by atoms with van der Waals surface area (Å²) in [6, 6.07) is 13.4. The van der Waals surface area contributed by atoms with Crippen LogP contribution < -0.4 is 4.74 Å². The second kappa shape index (κ2) is 8.24. The number of carbonyl (C=O) groups excluding carboxylic acids is 1. The number of fused-ring (bicyclic) bond motifs is 1. The number of nitriles is 1. The summed E-state index contributed by atoms with van der Waals surface area (Å²) in [5.74, 6) is -0.563. The third-order valence-corrected chi connectivity index (χ3v) is 5.02. The average Bonchev–Trinajstić information content (AvgIpc) is 3.22. The van der Waals surface area contributed by atoms with E-state index in [2.05, 4.69) is 19.9 Å². The van der Waals surface area contributed by atoms with Crippen molar-refractivity contribution >= 4 is 16.9 Å². The van der Waals surface area contributed by atoms with Gasteiger partial charge in [-0.2, -0.15) is 5.26 Å². The van der Waals surface area contributed by atoms with E-state index in [1.54, 1.807) is 33.5 Å². The lowest BCUT2D eigenvalue weighted by atomic mass is 10.0. The molecule has 31 heavy (non-hydrogen) atoms. The number of ether oxygens (including phenoxy) is 1. The lowest BCUT2D eigenvalue weighted by molar-refractivity contribution is -0.129. The molecule has 1 atom stereocenters. The zero-order chi connectivity index (χ0) is 22.0. The Balaban J connectivity index is 1.80. The summed E-state index contributed by atoms with van der Waals surface area (Å²) in [6.45, 7) is 0. The van der Waals surface area contributed by atoms with Crippen molar-refractivity contribution in [2.45, 2.75) is 5.92 Å². The summed E-state index contributed by atoms with van der Waals surface area (Å²) >= 11 is 0. The van der Waals surface area contributed by atoms with Gasteiger partial charge in [0.1, 0.15) is 17.7 Å². The monoisotopic (exact) mass is 412 g/mol. The van der Waals surface area contributed by atoms with Crippen LogP contribution in [-0.4, -0.2) is 51.9 Å². The number of nitrogens with one attached hydrogen (secondary N) is 1. The number of nitrogens with zero attached hydrogens (tertiary/aromatic N) is 5. The molecule has 0 saturated heterocycles. The first-order valence-corrected chi connectivity index (χ1v) is 9.57. The maximum atomic E-state index is 12.3. The smallest absolute Gasteiger partial charge is 0.245 e. The van der Waals surface area contributed by atoms with E-state index in [4.69, 9.17) is 4.74 Å². The van der Waals surface area contributed by atoms with E-state index in [1.807, 2.05) is 42.6 Å². The van der Waals surface area contributed by atoms with Crippen molar-refractivity contribution in [1.82, 2.24) is 24.8 Å². The number of hydrogen-bond acceptors (Lipinski definition) is 6. The Hall–Kier alpha value is -4.25. The third kappa shape index (κ3) is 3.69. The van der Waals surface area contributed by atoms with Gasteiger partial charge in [-0.05, 0) is 18.2 Å². The number of methoxy groups -OCH3 is 1. The molecule has 0 aliphatic heterocycles. The van der Waals surface area contributed by atoms with E-state index >= 15 is 0 Å². The topological polar surface area (TPSA) is 108 Å². The molecule has 0 aliphatic carbocycles. The maximum Gasteiger partial charge on any atom is 0.245 e. The van der Waals surface area contributed by atoms with Crippen LogP contribution in [0.3, 0.4) is 0 Å². The van der Waals surface area contributed by atoms with Gasteiger partial charge in [-0.25, -0.2) is 15.0 Å². The number of pyridine rings is 1. The van der Waals surface area contributed by atoms with Crippen LogP contribution in [0.4, 0.5) is 0 Å². The van der Waals surface area contributed by atoms with Gasteiger partial charge in [0.25, 0.3) is 0 Å². The first-order valence-electron chi connectivity index (χ1n) is 9.57. The van der Waals surface area contributed by atoms with Crippen LogP contribution in [0.1, 0.15) is 11.6 Å². The highest BCUT2D eigenvalue weighted by atomic mass is 16.5. The molecule has 0 radical (unpaired) electrons. The fraction of sp³-hybridized carbons (Fsp3) is 0.174. The SMILES string of the molecule is COc1ccccc1-c1c[nH]c2ncc(-c3cc(C(C#N)C(=O)N(C)C)ncn3)cc12. The van der Waals surface area contributed by atoms with E-state index in [9.17, 15) is 10.1 Å². The molecule has 1 unspecified atom stereocenters. The standard InChI is InChI=1S/C23H20N6O2/c1-29(2)23(30)17(10-24)20-9-19(27-13-28-20)14-8-16-18(12-26-22(16)25-11-14)15-6-4-5-7-21(15)31-3/h4-9,11-13,17H,1-3H3,(H,25,26). The molecule has 4 aromatic rings. The van der Waals surface area contributed by atoms with Crippen molar-refractivity contribution in [3.8, 4) is 34.2 Å². The third-order valence-electron chi connectivity index (χ3n) is 5.02. The van der Waals surface area contributed by atoms with E-state index in [0.717, 1.165) is 33.5 Å². The van der Waals surface area contributed by atoms with Crippen LogP contribution in [0.25, 0.3) is 33.4 Å². The maximum absolute atomic E-state index is 12.3. The molecule has 154 valence electrons. The number of para-hydroxylation sites is 1. The minimum absolute atomic E-state index is 0.329. The zero-order valence-electron chi connectivity index (χ0n) is 17.3. The largest absolute Gasteiger partial charge is 0.496 e. The molecule has 0 spiro atoms. The van der Waals surface area contributed by atoms with Crippen LogP contribution in [-0.2, 0) is 4.79 Å². The first kappa shape index (κ1) is 20.0. The Labute approximate surface area is 179 Å². The van der Waals surface area contributed by atoms with Gasteiger partial charge in [-0.1, -0.05) is 18.2 Å². The van der Waals surface area contributed by atoms with Crippen molar-refractivity contribution in [2.75, 3.05) is 21.2 Å². The first-order chi connectivity index (χ1) is 15.0. The minimum atomic E-state index is -0.996. The summed E-state index contributed by atoms with van der Waals surface area (Å²) in [7, 11) is 4.86. The van der Waals surface area contributed by atoms with Crippen molar-refractivity contribution in [1.29, 1.82) is 5.26 Å². The number of likely N-dealkylation sites (N-methyl/N-ethyl adjacent to an activating group) is 1. The number of aromatic nitrogens is 4. The molecule has 0 fully saturated rings. The van der Waals surface area contributed by atoms with E-state index in [0.29, 0.717) is 11.4 Å². The number of amides is 1. The summed E-state index contributed by atoms with van der Waals surface area (Å²) in [5.41, 5.74) is 4.31. The molecular weight excluding hydrogens is 392 g/mol. The average molecular weight is 412 g/mol. The summed E-state index contributed by atoms with van der Waals surface area (Å²) in [5, 5.41) is 10.4. The normalized spacial score (nSPS) is 11.7. The summed E-state index contributed by atoms with van der Waals surface area (Å²) in [6.07, 6.45) is 4.96. The number of H-pyrrole nitrogens is 1. The molecule has 8 nitrogen and oxygen atoms in total. The van der Waals surface area contributed by atoms with Gasteiger partial charge in [0.15, 0.2) is 5.92 Å². The number of hydrogen-bond donors (Lipinski definition) is 1. The van der Waals surface area contributed by atoms with Crippen LogP contribution in [0, 0.1) is 11.3 Å². The van der Waals surface area contributed by atoms with Crippen LogP contribution >= 0.6 is 0 Å². The lowest BCUT2D eigenvalue weighted by Gasteiger charge is -2.14. The van der Waals surface area contributed by atoms with Crippen molar-refractivity contribution in [2.24, 2.45) is 0 Å². The fourth-order valence-corrected chi connectivity index (χ4v) is 3.43. The van der Waals surface area contributed by atoms with E-state index < -0.39 is 5.92 Å². The second-order valence-electron chi connectivity index (χ2n) is 7.15. The van der Waals surface area contributed by atoms with Crippen molar-refractivity contribution in [3.05, 3.63) is 60.8 Å². The molecule has 1 aromatic carbocycles. The molecule has 1 amide bonds. The Kier molecular flexibility index (Phi) is 5.33. The Morgan fingerprint density at radius 3 is 2.71 bits per heavy atom. The highest BCUT2D eigenvalue weighted by Gasteiger charge is 2.24. The van der Waals surface area contributed by atoms with Gasteiger partial charge in [0.2, 0.25) is 5.91 Å². The van der Waals surface area contributed by atoms with Gasteiger partial charge >= 0.3 is 0 Å². The summed E-state index contributed by atoms with van der Waals surface area (Å²) in [4.78, 5) is 29.9. The van der Waals surface area contributed by atoms with Crippen LogP contribution in [0.2, 0.25) is 0 Å². The quantitative estimate of drug-likeness (QED) is 0.538. The van der Waals surface area contributed by atoms with Gasteiger partial charge in [0.05, 0.1) is 24.6 Å². The lowest BCUT2D eigenvalue weighted by Crippen LogP contribution is -2.28. The van der Waals surface area contributed by atoms with Crippen molar-refractivity contribution in [3.63, 3.8) is 0 Å². The zero-order valence-corrected chi connectivity index (χ0v) is 17.3. The second-order valence-corrected chi connectivity index (χ2v) is 7.15. The molecular formula is C23H20N6O2.